The summed E-state index contributed by atoms with van der Waals surface area (Å²) in [5.74, 6) is -0.0988. The third-order valence-electron chi connectivity index (χ3n) is 7.97. The van der Waals surface area contributed by atoms with Crippen LogP contribution in [0.2, 0.25) is 0 Å². The van der Waals surface area contributed by atoms with Crippen molar-refractivity contribution < 1.29 is 19.2 Å². The molecule has 4 heterocycles. The third-order valence-corrected chi connectivity index (χ3v) is 7.97. The Hall–Kier alpha value is -3.84. The lowest BCUT2D eigenvalue weighted by molar-refractivity contribution is -0.229. The molecule has 0 atom stereocenters. The van der Waals surface area contributed by atoms with Gasteiger partial charge in [-0.05, 0) is 70.9 Å². The maximum Gasteiger partial charge on any atom is 0.323 e. The molecule has 2 saturated heterocycles. The Kier molecular flexibility index (Phi) is 9.35. The number of morpholine rings is 1. The lowest BCUT2D eigenvalue weighted by Gasteiger charge is -2.39. The Balaban J connectivity index is 1.27. The van der Waals surface area contributed by atoms with Crippen LogP contribution >= 0.6 is 0 Å². The molecular weight excluding hydrogens is 560 g/mol. The minimum atomic E-state index is -0.823. The van der Waals surface area contributed by atoms with Gasteiger partial charge in [0.1, 0.15) is 17.8 Å². The van der Waals surface area contributed by atoms with E-state index in [9.17, 15) is 9.59 Å². The molecule has 3 N–H and O–H groups in total. The number of carbonyl (C=O) groups is 2. The number of nitrogens with zero attached hydrogens (tertiary/aromatic N) is 5. The molecule has 0 saturated carbocycles. The highest BCUT2D eigenvalue weighted by Gasteiger charge is 2.39. The standard InChI is InChI=1S/C32H44N8O4/c1-22-7-9-24(17-25(22)26-10-8-23(18-34-26)19-38-13-15-43-16-14-38)35-30(42)36-27-20-39(31(2,3)4)37-28(27)21-44-40-12-11-33-29(41)32(40,5)6/h7-10,17-18,20H,11-16,19,21H2,1-6H3,(H,33,41)(H2,35,36,42). The van der Waals surface area contributed by atoms with Crippen LogP contribution in [-0.2, 0) is 33.1 Å². The van der Waals surface area contributed by atoms with E-state index < -0.39 is 11.6 Å². The third kappa shape index (κ3) is 7.44. The number of urea groups is 1. The molecule has 236 valence electrons. The average molecular weight is 605 g/mol. The van der Waals surface area contributed by atoms with E-state index in [0.29, 0.717) is 30.2 Å². The lowest BCUT2D eigenvalue weighted by atomic mass is 10.0. The first-order valence-electron chi connectivity index (χ1n) is 15.1. The van der Waals surface area contributed by atoms with Gasteiger partial charge < -0.3 is 20.7 Å². The summed E-state index contributed by atoms with van der Waals surface area (Å²) in [5.41, 5.74) is 4.60. The summed E-state index contributed by atoms with van der Waals surface area (Å²) in [6.45, 7) is 17.1. The molecule has 2 aromatic heterocycles. The summed E-state index contributed by atoms with van der Waals surface area (Å²) in [6, 6.07) is 9.52. The molecule has 0 radical (unpaired) electrons. The van der Waals surface area contributed by atoms with Crippen molar-refractivity contribution in [1.82, 2.24) is 30.0 Å². The molecule has 12 heteroatoms. The van der Waals surface area contributed by atoms with Gasteiger partial charge in [-0.3, -0.25) is 24.2 Å². The summed E-state index contributed by atoms with van der Waals surface area (Å²) < 4.78 is 7.25. The first-order chi connectivity index (χ1) is 20.9. The van der Waals surface area contributed by atoms with Gasteiger partial charge in [-0.25, -0.2) is 4.79 Å². The van der Waals surface area contributed by atoms with Gasteiger partial charge in [0.2, 0.25) is 5.91 Å². The fraction of sp³-hybridized carbons (Fsp3) is 0.500. The molecule has 2 aliphatic heterocycles. The molecule has 44 heavy (non-hydrogen) atoms. The fourth-order valence-corrected chi connectivity index (χ4v) is 5.16. The van der Waals surface area contributed by atoms with Gasteiger partial charge in [-0.2, -0.15) is 10.2 Å². The van der Waals surface area contributed by atoms with Crippen LogP contribution in [0.3, 0.4) is 0 Å². The van der Waals surface area contributed by atoms with E-state index in [2.05, 4.69) is 26.9 Å². The van der Waals surface area contributed by atoms with E-state index in [1.807, 2.05) is 72.0 Å². The molecule has 3 aromatic rings. The Bertz CT molecular complexity index is 1470. The van der Waals surface area contributed by atoms with Crippen molar-refractivity contribution in [2.45, 2.75) is 65.8 Å². The normalized spacial score (nSPS) is 17.7. The molecule has 0 spiro atoms. The van der Waals surface area contributed by atoms with E-state index in [1.165, 1.54) is 0 Å². The number of pyridine rings is 1. The number of hydrogen-bond acceptors (Lipinski definition) is 8. The van der Waals surface area contributed by atoms with Crippen molar-refractivity contribution in [3.8, 4) is 11.3 Å². The number of amides is 3. The second-order valence-electron chi connectivity index (χ2n) is 12.8. The van der Waals surface area contributed by atoms with Crippen molar-refractivity contribution in [3.63, 3.8) is 0 Å². The van der Waals surface area contributed by atoms with Crippen LogP contribution in [-0.4, -0.2) is 81.6 Å². The van der Waals surface area contributed by atoms with Gasteiger partial charge in [-0.1, -0.05) is 12.1 Å². The molecule has 0 aliphatic carbocycles. The average Bonchev–Trinajstić information content (AvgIpc) is 3.39. The Morgan fingerprint density at radius 2 is 1.89 bits per heavy atom. The van der Waals surface area contributed by atoms with E-state index in [0.717, 1.165) is 55.2 Å². The van der Waals surface area contributed by atoms with Gasteiger partial charge in [0.15, 0.2) is 0 Å². The Morgan fingerprint density at radius 3 is 2.59 bits per heavy atom. The maximum absolute atomic E-state index is 13.2. The number of piperazine rings is 1. The van der Waals surface area contributed by atoms with Crippen LogP contribution in [0.5, 0.6) is 0 Å². The number of hydrogen-bond donors (Lipinski definition) is 3. The number of benzene rings is 1. The molecule has 2 aliphatic rings. The highest BCUT2D eigenvalue weighted by molar-refractivity contribution is 6.00. The summed E-state index contributed by atoms with van der Waals surface area (Å²) in [7, 11) is 0. The zero-order valence-electron chi connectivity index (χ0n) is 26.6. The minimum absolute atomic E-state index is 0.0945. The molecule has 3 amide bonds. The topological polar surface area (TPSA) is 126 Å². The van der Waals surface area contributed by atoms with Crippen LogP contribution in [0, 0.1) is 6.92 Å². The number of anilines is 2. The summed E-state index contributed by atoms with van der Waals surface area (Å²) in [6.07, 6.45) is 3.72. The van der Waals surface area contributed by atoms with Gasteiger partial charge in [0.25, 0.3) is 0 Å². The van der Waals surface area contributed by atoms with Crippen LogP contribution in [0.25, 0.3) is 11.3 Å². The Labute approximate surface area is 259 Å². The minimum Gasteiger partial charge on any atom is -0.379 e. The van der Waals surface area contributed by atoms with Crippen LogP contribution in [0.4, 0.5) is 16.2 Å². The van der Waals surface area contributed by atoms with Gasteiger partial charge >= 0.3 is 6.03 Å². The Morgan fingerprint density at radius 1 is 1.11 bits per heavy atom. The summed E-state index contributed by atoms with van der Waals surface area (Å²) in [4.78, 5) is 38.7. The maximum atomic E-state index is 13.2. The van der Waals surface area contributed by atoms with E-state index >= 15 is 0 Å². The summed E-state index contributed by atoms with van der Waals surface area (Å²) >= 11 is 0. The van der Waals surface area contributed by atoms with Crippen LogP contribution in [0.15, 0.2) is 42.7 Å². The van der Waals surface area contributed by atoms with Crippen molar-refractivity contribution >= 4 is 23.3 Å². The predicted octanol–water partition coefficient (Wildman–Crippen LogP) is 4.13. The van der Waals surface area contributed by atoms with Gasteiger partial charge in [0, 0.05) is 56.4 Å². The van der Waals surface area contributed by atoms with Crippen molar-refractivity contribution in [2.24, 2.45) is 0 Å². The quantitative estimate of drug-likeness (QED) is 0.351. The molecule has 5 rings (SSSR count). The smallest absolute Gasteiger partial charge is 0.323 e. The zero-order valence-corrected chi connectivity index (χ0v) is 26.6. The van der Waals surface area contributed by atoms with Crippen molar-refractivity contribution in [2.75, 3.05) is 50.0 Å². The van der Waals surface area contributed by atoms with Gasteiger partial charge in [0.05, 0.1) is 30.1 Å². The predicted molar refractivity (Wildman–Crippen MR) is 169 cm³/mol. The summed E-state index contributed by atoms with van der Waals surface area (Å²) in [5, 5.41) is 15.1. The first kappa shape index (κ1) is 31.6. The molecule has 1 aromatic carbocycles. The molecule has 0 bridgehead atoms. The number of hydroxylamine groups is 2. The van der Waals surface area contributed by atoms with Crippen LogP contribution < -0.4 is 16.0 Å². The highest BCUT2D eigenvalue weighted by atomic mass is 16.7. The number of carbonyl (C=O) groups excluding carboxylic acids is 2. The van der Waals surface area contributed by atoms with Gasteiger partial charge in [-0.15, -0.1) is 0 Å². The second kappa shape index (κ2) is 13.0. The van der Waals surface area contributed by atoms with Crippen molar-refractivity contribution in [1.29, 1.82) is 0 Å². The number of rotatable bonds is 8. The monoisotopic (exact) mass is 604 g/mol. The fourth-order valence-electron chi connectivity index (χ4n) is 5.16. The first-order valence-corrected chi connectivity index (χ1v) is 15.1. The number of aryl methyl sites for hydroxylation is 1. The molecule has 0 unspecified atom stereocenters. The van der Waals surface area contributed by atoms with E-state index in [-0.39, 0.29) is 18.1 Å². The number of aromatic nitrogens is 3. The largest absolute Gasteiger partial charge is 0.379 e. The lowest BCUT2D eigenvalue weighted by Crippen LogP contribution is -2.61. The molecule has 12 nitrogen and oxygen atoms in total. The molecule has 2 fully saturated rings. The zero-order chi connectivity index (χ0) is 31.5. The van der Waals surface area contributed by atoms with Crippen molar-refractivity contribution in [3.05, 3.63) is 59.5 Å². The molecular formula is C32H44N8O4. The van der Waals surface area contributed by atoms with E-state index in [1.54, 1.807) is 15.9 Å². The highest BCUT2D eigenvalue weighted by Crippen LogP contribution is 2.27. The SMILES string of the molecule is Cc1ccc(NC(=O)Nc2cn(C(C)(C)C)nc2CON2CCNC(=O)C2(C)C)cc1-c1ccc(CN2CCOCC2)cn1. The number of ether oxygens (including phenoxy) is 1. The van der Waals surface area contributed by atoms with Crippen LogP contribution in [0.1, 0.15) is 51.4 Å². The second-order valence-corrected chi connectivity index (χ2v) is 12.8. The van der Waals surface area contributed by atoms with E-state index in [4.69, 9.17) is 19.7 Å². The number of nitrogens with one attached hydrogen (secondary N) is 3.